The number of aromatic nitrogens is 4. The summed E-state index contributed by atoms with van der Waals surface area (Å²) in [6.45, 7) is 3.80. The number of aryl methyl sites for hydroxylation is 1. The van der Waals surface area contributed by atoms with E-state index in [1.165, 1.54) is 21.7 Å². The van der Waals surface area contributed by atoms with Crippen LogP contribution in [0.3, 0.4) is 0 Å². The van der Waals surface area contributed by atoms with Gasteiger partial charge in [0, 0.05) is 44.6 Å². The number of piperazine rings is 1. The number of thiophene rings is 1. The van der Waals surface area contributed by atoms with Crippen molar-refractivity contribution in [3.05, 3.63) is 52.7 Å². The van der Waals surface area contributed by atoms with Crippen LogP contribution < -0.4 is 10.5 Å². The predicted octanol–water partition coefficient (Wildman–Crippen LogP) is 1.36. The highest BCUT2D eigenvalue weighted by atomic mass is 32.2. The summed E-state index contributed by atoms with van der Waals surface area (Å²) in [4.78, 5) is 22.6. The first-order valence-electron chi connectivity index (χ1n) is 9.19. The van der Waals surface area contributed by atoms with Crippen LogP contribution in [0.2, 0.25) is 0 Å². The number of hydrogen-bond acceptors (Lipinski definition) is 8. The molecule has 0 spiro atoms. The average Bonchev–Trinajstić information content (AvgIpc) is 3.25. The first kappa shape index (κ1) is 19.7. The monoisotopic (exact) mass is 432 g/mol. The molecule has 1 fully saturated rings. The van der Waals surface area contributed by atoms with Crippen molar-refractivity contribution in [1.82, 2.24) is 24.5 Å². The molecule has 0 aliphatic carbocycles. The number of aromatic amines is 1. The molecule has 1 N–H and O–H groups in total. The standard InChI is InChI=1S/C18H20N6O3S2/c1-2-13-11-16(25)21-22-18(13)14-3-4-17(28-14)29(26,27)24-9-7-23(8-10-24)15-12-19-5-6-20-15/h3-6,11-12H,2,7-10H2,1H3,(H,21,25). The minimum absolute atomic E-state index is 0.268. The van der Waals surface area contributed by atoms with Gasteiger partial charge < -0.3 is 4.90 Å². The Bertz CT molecular complexity index is 1150. The van der Waals surface area contributed by atoms with Gasteiger partial charge in [0.05, 0.1) is 11.1 Å². The zero-order valence-electron chi connectivity index (χ0n) is 15.8. The van der Waals surface area contributed by atoms with Crippen LogP contribution in [0.15, 0.2) is 45.8 Å². The zero-order valence-corrected chi connectivity index (χ0v) is 17.4. The zero-order chi connectivity index (χ0) is 20.4. The van der Waals surface area contributed by atoms with Gasteiger partial charge in [0.1, 0.15) is 15.7 Å². The second kappa shape index (κ2) is 8.01. The van der Waals surface area contributed by atoms with Gasteiger partial charge in [-0.3, -0.25) is 9.78 Å². The summed E-state index contributed by atoms with van der Waals surface area (Å²) < 4.78 is 28.0. The molecule has 29 heavy (non-hydrogen) atoms. The van der Waals surface area contributed by atoms with E-state index in [2.05, 4.69) is 20.2 Å². The summed E-state index contributed by atoms with van der Waals surface area (Å²) in [6.07, 6.45) is 5.55. The quantitative estimate of drug-likeness (QED) is 0.648. The van der Waals surface area contributed by atoms with Gasteiger partial charge in [0.15, 0.2) is 0 Å². The highest BCUT2D eigenvalue weighted by molar-refractivity contribution is 7.91. The lowest BCUT2D eigenvalue weighted by molar-refractivity contribution is 0.384. The van der Waals surface area contributed by atoms with Crippen molar-refractivity contribution in [2.75, 3.05) is 31.1 Å². The Morgan fingerprint density at radius 3 is 2.66 bits per heavy atom. The maximum Gasteiger partial charge on any atom is 0.264 e. The second-order valence-corrected chi connectivity index (χ2v) is 9.78. The van der Waals surface area contributed by atoms with Crippen LogP contribution in [-0.2, 0) is 16.4 Å². The molecule has 0 radical (unpaired) electrons. The summed E-state index contributed by atoms with van der Waals surface area (Å²) >= 11 is 1.17. The van der Waals surface area contributed by atoms with E-state index in [0.717, 1.165) is 16.3 Å². The van der Waals surface area contributed by atoms with Crippen molar-refractivity contribution in [3.8, 4) is 10.6 Å². The van der Waals surface area contributed by atoms with Crippen LogP contribution in [0.25, 0.3) is 10.6 Å². The summed E-state index contributed by atoms with van der Waals surface area (Å²) in [5.41, 5.74) is 1.14. The van der Waals surface area contributed by atoms with Crippen LogP contribution >= 0.6 is 11.3 Å². The summed E-state index contributed by atoms with van der Waals surface area (Å²) in [6, 6.07) is 4.85. The Labute approximate surface area is 172 Å². The molecule has 1 aliphatic heterocycles. The van der Waals surface area contributed by atoms with E-state index >= 15 is 0 Å². The number of hydrogen-bond donors (Lipinski definition) is 1. The molecule has 4 heterocycles. The van der Waals surface area contributed by atoms with Crippen LogP contribution in [0.4, 0.5) is 5.82 Å². The fraction of sp³-hybridized carbons (Fsp3) is 0.333. The maximum atomic E-state index is 13.1. The smallest absolute Gasteiger partial charge is 0.264 e. The van der Waals surface area contributed by atoms with Crippen LogP contribution in [0.1, 0.15) is 12.5 Å². The van der Waals surface area contributed by atoms with Crippen molar-refractivity contribution in [2.24, 2.45) is 0 Å². The van der Waals surface area contributed by atoms with Crippen molar-refractivity contribution >= 4 is 27.2 Å². The molecule has 0 aromatic carbocycles. The second-order valence-electron chi connectivity index (χ2n) is 6.53. The Kier molecular flexibility index (Phi) is 5.43. The molecule has 1 saturated heterocycles. The third kappa shape index (κ3) is 3.93. The molecule has 3 aromatic heterocycles. The summed E-state index contributed by atoms with van der Waals surface area (Å²) in [5, 5.41) is 6.55. The molecule has 9 nitrogen and oxygen atoms in total. The molecule has 0 bridgehead atoms. The van der Waals surface area contributed by atoms with Crippen molar-refractivity contribution < 1.29 is 8.42 Å². The van der Waals surface area contributed by atoms with Crippen molar-refractivity contribution in [3.63, 3.8) is 0 Å². The summed E-state index contributed by atoms with van der Waals surface area (Å²) in [7, 11) is -3.59. The molecule has 0 saturated carbocycles. The summed E-state index contributed by atoms with van der Waals surface area (Å²) in [5.74, 6) is 0.749. The Morgan fingerprint density at radius 2 is 1.97 bits per heavy atom. The third-order valence-corrected chi connectivity index (χ3v) is 8.25. The van der Waals surface area contributed by atoms with Gasteiger partial charge in [-0.15, -0.1) is 11.3 Å². The topological polar surface area (TPSA) is 112 Å². The lowest BCUT2D eigenvalue weighted by Crippen LogP contribution is -2.48. The molecule has 3 aromatic rings. The predicted molar refractivity (Wildman–Crippen MR) is 111 cm³/mol. The lowest BCUT2D eigenvalue weighted by atomic mass is 10.1. The van der Waals surface area contributed by atoms with E-state index < -0.39 is 10.0 Å². The van der Waals surface area contributed by atoms with Crippen LogP contribution in [0, 0.1) is 0 Å². The fourth-order valence-electron chi connectivity index (χ4n) is 3.25. The molecule has 0 amide bonds. The highest BCUT2D eigenvalue weighted by Crippen LogP contribution is 2.33. The molecule has 1 aliphatic rings. The number of H-pyrrole nitrogens is 1. The van der Waals surface area contributed by atoms with E-state index in [1.807, 2.05) is 11.8 Å². The van der Waals surface area contributed by atoms with Crippen molar-refractivity contribution in [2.45, 2.75) is 17.6 Å². The van der Waals surface area contributed by atoms with Gasteiger partial charge in [-0.25, -0.2) is 18.5 Å². The van der Waals surface area contributed by atoms with Gasteiger partial charge in [0.25, 0.3) is 15.6 Å². The minimum atomic E-state index is -3.59. The van der Waals surface area contributed by atoms with E-state index in [-0.39, 0.29) is 9.77 Å². The van der Waals surface area contributed by atoms with E-state index in [9.17, 15) is 13.2 Å². The van der Waals surface area contributed by atoms with Gasteiger partial charge in [-0.05, 0) is 24.1 Å². The lowest BCUT2D eigenvalue weighted by Gasteiger charge is -2.34. The highest BCUT2D eigenvalue weighted by Gasteiger charge is 2.30. The SMILES string of the molecule is CCc1cc(=O)[nH]nc1-c1ccc(S(=O)(=O)N2CCN(c3cnccn3)CC2)s1. The van der Waals surface area contributed by atoms with Crippen LogP contribution in [0.5, 0.6) is 0 Å². The number of sulfonamides is 1. The van der Waals surface area contributed by atoms with Gasteiger partial charge in [-0.2, -0.15) is 9.40 Å². The van der Waals surface area contributed by atoms with E-state index in [1.54, 1.807) is 30.7 Å². The molecular weight excluding hydrogens is 412 g/mol. The van der Waals surface area contributed by atoms with Gasteiger partial charge in [-0.1, -0.05) is 6.92 Å². The van der Waals surface area contributed by atoms with E-state index in [0.29, 0.717) is 38.3 Å². The Morgan fingerprint density at radius 1 is 1.17 bits per heavy atom. The largest absolute Gasteiger partial charge is 0.353 e. The van der Waals surface area contributed by atoms with E-state index in [4.69, 9.17) is 0 Å². The fourth-order valence-corrected chi connectivity index (χ4v) is 6.16. The van der Waals surface area contributed by atoms with Crippen LogP contribution in [-0.4, -0.2) is 59.1 Å². The minimum Gasteiger partial charge on any atom is -0.353 e. The number of nitrogens with one attached hydrogen (secondary N) is 1. The Hall–Kier alpha value is -2.63. The molecule has 0 atom stereocenters. The van der Waals surface area contributed by atoms with Crippen molar-refractivity contribution in [1.29, 1.82) is 0 Å². The molecule has 11 heteroatoms. The van der Waals surface area contributed by atoms with Gasteiger partial charge >= 0.3 is 0 Å². The number of anilines is 1. The molecular formula is C18H20N6O3S2. The first-order valence-corrected chi connectivity index (χ1v) is 11.4. The third-order valence-electron chi connectivity index (χ3n) is 4.79. The number of rotatable bonds is 5. The Balaban J connectivity index is 1.53. The normalized spacial score (nSPS) is 15.6. The molecule has 4 rings (SSSR count). The molecule has 0 unspecified atom stereocenters. The maximum absolute atomic E-state index is 13.1. The molecule has 152 valence electrons. The average molecular weight is 433 g/mol. The van der Waals surface area contributed by atoms with Gasteiger partial charge in [0.2, 0.25) is 0 Å². The number of nitrogens with zero attached hydrogens (tertiary/aromatic N) is 5. The first-order chi connectivity index (χ1) is 14.0.